The van der Waals surface area contributed by atoms with E-state index in [-0.39, 0.29) is 5.41 Å². The highest BCUT2D eigenvalue weighted by atomic mass is 32.1. The summed E-state index contributed by atoms with van der Waals surface area (Å²) in [5, 5.41) is 2.63. The first-order chi connectivity index (χ1) is 25.5. The Bertz CT molecular complexity index is 2810. The highest BCUT2D eigenvalue weighted by Crippen LogP contribution is 2.51. The molecule has 0 N–H and O–H groups in total. The van der Waals surface area contributed by atoms with Gasteiger partial charge in [0.25, 0.3) is 0 Å². The molecule has 6 aromatic carbocycles. The van der Waals surface area contributed by atoms with Gasteiger partial charge in [0.15, 0.2) is 5.82 Å². The van der Waals surface area contributed by atoms with Crippen molar-refractivity contribution in [1.29, 1.82) is 0 Å². The van der Waals surface area contributed by atoms with E-state index in [4.69, 9.17) is 9.97 Å². The molecule has 0 saturated carbocycles. The summed E-state index contributed by atoms with van der Waals surface area (Å²) >= 11 is 1.86. The zero-order chi connectivity index (χ0) is 34.8. The lowest BCUT2D eigenvalue weighted by Gasteiger charge is -2.24. The molecule has 52 heavy (non-hydrogen) atoms. The summed E-state index contributed by atoms with van der Waals surface area (Å²) in [6.07, 6.45) is 3.69. The number of benzene rings is 6. The molecule has 3 nitrogen and oxygen atoms in total. The molecule has 3 heterocycles. The number of nitrogens with zero attached hydrogens (tertiary/aromatic N) is 3. The zero-order valence-corrected chi connectivity index (χ0v) is 29.7. The molecule has 0 amide bonds. The third kappa shape index (κ3) is 4.98. The highest BCUT2D eigenvalue weighted by Gasteiger charge is 2.40. The van der Waals surface area contributed by atoms with Crippen LogP contribution in [0.1, 0.15) is 25.0 Å². The van der Waals surface area contributed by atoms with Crippen LogP contribution in [-0.4, -0.2) is 15.0 Å². The van der Waals surface area contributed by atoms with Crippen LogP contribution in [-0.2, 0) is 5.41 Å². The average Bonchev–Trinajstić information content (AvgIpc) is 3.69. The van der Waals surface area contributed by atoms with Gasteiger partial charge < -0.3 is 0 Å². The van der Waals surface area contributed by atoms with Crippen LogP contribution in [0.3, 0.4) is 0 Å². The van der Waals surface area contributed by atoms with Crippen molar-refractivity contribution in [3.05, 3.63) is 175 Å². The number of rotatable bonds is 5. The number of thiophene rings is 1. The van der Waals surface area contributed by atoms with Gasteiger partial charge in [0.1, 0.15) is 0 Å². The summed E-state index contributed by atoms with van der Waals surface area (Å²) in [5.41, 5.74) is 14.4. The Kier molecular flexibility index (Phi) is 7.02. The summed E-state index contributed by atoms with van der Waals surface area (Å²) in [5.74, 6) is 0.725. The van der Waals surface area contributed by atoms with Crippen molar-refractivity contribution in [2.75, 3.05) is 0 Å². The quantitative estimate of drug-likeness (QED) is 0.181. The molecular formula is C48H33N3S. The van der Waals surface area contributed by atoms with E-state index in [0.29, 0.717) is 0 Å². The number of hydrogen-bond acceptors (Lipinski definition) is 4. The molecule has 0 fully saturated rings. The van der Waals surface area contributed by atoms with Gasteiger partial charge in [0.05, 0.1) is 11.4 Å². The minimum absolute atomic E-state index is 0.260. The molecular weight excluding hydrogens is 651 g/mol. The van der Waals surface area contributed by atoms with E-state index in [0.717, 1.165) is 45.0 Å². The normalized spacial score (nSPS) is 13.0. The van der Waals surface area contributed by atoms with E-state index in [9.17, 15) is 0 Å². The summed E-state index contributed by atoms with van der Waals surface area (Å²) in [7, 11) is 0. The third-order valence-electron chi connectivity index (χ3n) is 10.6. The van der Waals surface area contributed by atoms with Crippen LogP contribution in [0.25, 0.3) is 87.5 Å². The highest BCUT2D eigenvalue weighted by molar-refractivity contribution is 7.25. The molecule has 0 spiro atoms. The van der Waals surface area contributed by atoms with Crippen molar-refractivity contribution in [3.63, 3.8) is 0 Å². The first-order valence-corrected chi connectivity index (χ1v) is 18.5. The Balaban J connectivity index is 1.09. The molecule has 246 valence electrons. The van der Waals surface area contributed by atoms with Gasteiger partial charge in [0.2, 0.25) is 0 Å². The van der Waals surface area contributed by atoms with Crippen molar-refractivity contribution in [1.82, 2.24) is 15.0 Å². The maximum Gasteiger partial charge on any atom is 0.160 e. The largest absolute Gasteiger partial charge is 0.264 e. The lowest BCUT2D eigenvalue weighted by molar-refractivity contribution is 0.658. The topological polar surface area (TPSA) is 38.7 Å². The van der Waals surface area contributed by atoms with Gasteiger partial charge in [-0.2, -0.15) is 0 Å². The first-order valence-electron chi connectivity index (χ1n) is 17.7. The number of fused-ring (bicyclic) bond motifs is 6. The SMILES string of the molecule is CC1(C)c2ccccc2-c2nc(-c3ccc(-c4cccnc4)cc3)nc(-c3cccc(-c4cccc(-c5ccc6sc7ccccc7c6c5)c4)c3)c21. The Morgan fingerprint density at radius 3 is 1.87 bits per heavy atom. The fourth-order valence-electron chi connectivity index (χ4n) is 7.93. The van der Waals surface area contributed by atoms with Crippen molar-refractivity contribution < 1.29 is 0 Å². The van der Waals surface area contributed by atoms with E-state index in [1.54, 1.807) is 6.20 Å². The van der Waals surface area contributed by atoms with Crippen molar-refractivity contribution in [2.24, 2.45) is 0 Å². The second kappa shape index (κ2) is 11.9. The molecule has 0 aliphatic heterocycles. The minimum atomic E-state index is -0.260. The molecule has 0 unspecified atom stereocenters. The van der Waals surface area contributed by atoms with Gasteiger partial charge >= 0.3 is 0 Å². The Morgan fingerprint density at radius 1 is 0.462 bits per heavy atom. The second-order valence-corrected chi connectivity index (χ2v) is 15.2. The average molecular weight is 684 g/mol. The predicted octanol–water partition coefficient (Wildman–Crippen LogP) is 12.9. The Morgan fingerprint density at radius 2 is 1.08 bits per heavy atom. The first kappa shape index (κ1) is 30.6. The molecule has 4 heteroatoms. The zero-order valence-electron chi connectivity index (χ0n) is 28.8. The van der Waals surface area contributed by atoms with Crippen LogP contribution in [0.2, 0.25) is 0 Å². The van der Waals surface area contributed by atoms with E-state index in [2.05, 4.69) is 164 Å². The number of pyridine rings is 1. The van der Waals surface area contributed by atoms with E-state index in [1.807, 2.05) is 23.6 Å². The molecule has 1 aliphatic carbocycles. The van der Waals surface area contributed by atoms with Gasteiger partial charge in [-0.15, -0.1) is 11.3 Å². The molecule has 0 radical (unpaired) electrons. The summed E-state index contributed by atoms with van der Waals surface area (Å²) in [4.78, 5) is 15.0. The molecule has 10 rings (SSSR count). The monoisotopic (exact) mass is 683 g/mol. The van der Waals surface area contributed by atoms with Crippen LogP contribution < -0.4 is 0 Å². The smallest absolute Gasteiger partial charge is 0.160 e. The number of aromatic nitrogens is 3. The van der Waals surface area contributed by atoms with E-state index in [1.165, 1.54) is 53.6 Å². The second-order valence-electron chi connectivity index (χ2n) is 14.1. The summed E-state index contributed by atoms with van der Waals surface area (Å²) in [6, 6.07) is 54.6. The summed E-state index contributed by atoms with van der Waals surface area (Å²) in [6.45, 7) is 4.60. The van der Waals surface area contributed by atoms with Crippen LogP contribution in [0, 0.1) is 0 Å². The maximum atomic E-state index is 5.39. The van der Waals surface area contributed by atoms with Crippen LogP contribution in [0.4, 0.5) is 0 Å². The van der Waals surface area contributed by atoms with E-state index >= 15 is 0 Å². The predicted molar refractivity (Wildman–Crippen MR) is 217 cm³/mol. The third-order valence-corrected chi connectivity index (χ3v) is 11.7. The fraction of sp³-hybridized carbons (Fsp3) is 0.0625. The fourth-order valence-corrected chi connectivity index (χ4v) is 9.02. The van der Waals surface area contributed by atoms with Gasteiger partial charge in [-0.1, -0.05) is 129 Å². The molecule has 0 saturated heterocycles. The lowest BCUT2D eigenvalue weighted by Crippen LogP contribution is -2.17. The van der Waals surface area contributed by atoms with E-state index < -0.39 is 0 Å². The van der Waals surface area contributed by atoms with Gasteiger partial charge in [-0.05, 0) is 75.3 Å². The van der Waals surface area contributed by atoms with Gasteiger partial charge in [0, 0.05) is 60.2 Å². The minimum Gasteiger partial charge on any atom is -0.264 e. The van der Waals surface area contributed by atoms with Crippen molar-refractivity contribution in [3.8, 4) is 67.3 Å². The molecule has 9 aromatic rings. The number of hydrogen-bond donors (Lipinski definition) is 0. The molecule has 3 aromatic heterocycles. The van der Waals surface area contributed by atoms with Crippen molar-refractivity contribution >= 4 is 31.5 Å². The van der Waals surface area contributed by atoms with Crippen molar-refractivity contribution in [2.45, 2.75) is 19.3 Å². The van der Waals surface area contributed by atoms with Crippen LogP contribution >= 0.6 is 11.3 Å². The standard InChI is InChI=1S/C48H33N3S/c1-48(2)41-17-5-3-16-39(41)46-44(48)45(50-47(51-46)31-21-19-30(20-22-31)37-14-9-25-49-29-37)36-13-8-12-34(27-36)32-10-7-11-33(26-32)35-23-24-43-40(28-35)38-15-4-6-18-42(38)52-43/h3-29H,1-2H3. The van der Waals surface area contributed by atoms with Crippen LogP contribution in [0.5, 0.6) is 0 Å². The van der Waals surface area contributed by atoms with Gasteiger partial charge in [-0.3, -0.25) is 4.98 Å². The summed E-state index contributed by atoms with van der Waals surface area (Å²) < 4.78 is 2.65. The van der Waals surface area contributed by atoms with Gasteiger partial charge in [-0.25, -0.2) is 9.97 Å². The Hall–Kier alpha value is -6.23. The molecule has 0 bridgehead atoms. The van der Waals surface area contributed by atoms with Crippen LogP contribution in [0.15, 0.2) is 164 Å². The molecule has 0 atom stereocenters. The Labute approximate surface area is 307 Å². The lowest BCUT2D eigenvalue weighted by atomic mass is 9.80. The maximum absolute atomic E-state index is 5.39. The molecule has 1 aliphatic rings.